The Balaban J connectivity index is 2.73. The van der Waals surface area contributed by atoms with Crippen molar-refractivity contribution in [3.63, 3.8) is 0 Å². The Morgan fingerprint density at radius 1 is 1.33 bits per heavy atom. The third-order valence-electron chi connectivity index (χ3n) is 3.03. The number of rotatable bonds is 7. The molecule has 0 aliphatic heterocycles. The van der Waals surface area contributed by atoms with Crippen LogP contribution in [0.5, 0.6) is 0 Å². The van der Waals surface area contributed by atoms with Crippen molar-refractivity contribution < 1.29 is 8.42 Å². The molecule has 102 valence electrons. The molecule has 0 atom stereocenters. The minimum absolute atomic E-state index is 0.186. The maximum Gasteiger partial charge on any atom is 0.242 e. The molecule has 0 saturated carbocycles. The molecule has 0 aliphatic carbocycles. The van der Waals surface area contributed by atoms with Gasteiger partial charge in [0.25, 0.3) is 0 Å². The Kier molecular flexibility index (Phi) is 5.71. The summed E-state index contributed by atoms with van der Waals surface area (Å²) in [5.41, 5.74) is 6.09. The quantitative estimate of drug-likeness (QED) is 0.781. The van der Waals surface area contributed by atoms with Crippen LogP contribution < -0.4 is 10.5 Å². The normalized spacial score (nSPS) is 12.0. The Labute approximate surface area is 109 Å². The lowest BCUT2D eigenvalue weighted by Gasteiger charge is -2.13. The Bertz CT molecular complexity index is 453. The first-order valence-electron chi connectivity index (χ1n) is 6.18. The first kappa shape index (κ1) is 15.1. The first-order valence-corrected chi connectivity index (χ1v) is 7.66. The monoisotopic (exact) mass is 271 g/mol. The molecule has 0 bridgehead atoms. The van der Waals surface area contributed by atoms with Crippen LogP contribution in [0.4, 0.5) is 0 Å². The number of aromatic nitrogens is 1. The summed E-state index contributed by atoms with van der Waals surface area (Å²) in [6.07, 6.45) is 3.27. The zero-order chi connectivity index (χ0) is 13.6. The molecule has 0 radical (unpaired) electrons. The predicted molar refractivity (Wildman–Crippen MR) is 71.4 cm³/mol. The van der Waals surface area contributed by atoms with Gasteiger partial charge < -0.3 is 5.73 Å². The maximum absolute atomic E-state index is 12.0. The lowest BCUT2D eigenvalue weighted by molar-refractivity contribution is 0.479. The summed E-state index contributed by atoms with van der Waals surface area (Å²) >= 11 is 0. The van der Waals surface area contributed by atoms with Gasteiger partial charge in [0.1, 0.15) is 4.90 Å². The van der Waals surface area contributed by atoms with Crippen LogP contribution in [0.25, 0.3) is 0 Å². The molecule has 0 aromatic carbocycles. The summed E-state index contributed by atoms with van der Waals surface area (Å²) in [6, 6.07) is 3.16. The summed E-state index contributed by atoms with van der Waals surface area (Å²) in [5, 5.41) is 0. The van der Waals surface area contributed by atoms with E-state index >= 15 is 0 Å². The lowest BCUT2D eigenvalue weighted by atomic mass is 10.0. The molecule has 1 heterocycles. The molecule has 0 aliphatic rings. The van der Waals surface area contributed by atoms with Gasteiger partial charge in [-0.2, -0.15) is 0 Å². The van der Waals surface area contributed by atoms with Gasteiger partial charge in [0.15, 0.2) is 0 Å². The van der Waals surface area contributed by atoms with Gasteiger partial charge >= 0.3 is 0 Å². The van der Waals surface area contributed by atoms with E-state index in [0.29, 0.717) is 24.7 Å². The number of sulfonamides is 1. The molecule has 1 rings (SSSR count). The number of nitrogens with zero attached hydrogens (tertiary/aromatic N) is 1. The van der Waals surface area contributed by atoms with Crippen LogP contribution in [-0.2, 0) is 16.6 Å². The molecule has 1 aromatic rings. The topological polar surface area (TPSA) is 85.1 Å². The van der Waals surface area contributed by atoms with E-state index in [9.17, 15) is 8.42 Å². The molecule has 3 N–H and O–H groups in total. The molecule has 0 unspecified atom stereocenters. The fourth-order valence-electron chi connectivity index (χ4n) is 1.58. The molecule has 0 fully saturated rings. The Morgan fingerprint density at radius 2 is 2.00 bits per heavy atom. The average molecular weight is 271 g/mol. The van der Waals surface area contributed by atoms with E-state index in [-0.39, 0.29) is 4.90 Å². The maximum atomic E-state index is 12.0. The van der Waals surface area contributed by atoms with E-state index < -0.39 is 10.0 Å². The van der Waals surface area contributed by atoms with Crippen molar-refractivity contribution >= 4 is 10.0 Å². The summed E-state index contributed by atoms with van der Waals surface area (Å²) in [4.78, 5) is 4.17. The number of nitrogens with one attached hydrogen (secondary N) is 1. The van der Waals surface area contributed by atoms with Gasteiger partial charge in [-0.1, -0.05) is 26.7 Å². The van der Waals surface area contributed by atoms with E-state index in [2.05, 4.69) is 23.6 Å². The number of hydrogen-bond acceptors (Lipinski definition) is 4. The minimum atomic E-state index is -3.45. The van der Waals surface area contributed by atoms with Gasteiger partial charge in [0.2, 0.25) is 10.0 Å². The van der Waals surface area contributed by atoms with Gasteiger partial charge in [-0.15, -0.1) is 0 Å². The Hall–Kier alpha value is -0.980. The Morgan fingerprint density at radius 3 is 2.44 bits per heavy atom. The second-order valence-corrected chi connectivity index (χ2v) is 5.99. The summed E-state index contributed by atoms with van der Waals surface area (Å²) in [7, 11) is -3.45. The van der Waals surface area contributed by atoms with Gasteiger partial charge in [-0.3, -0.25) is 4.98 Å². The minimum Gasteiger partial charge on any atom is -0.325 e. The molecule has 5 nitrogen and oxygen atoms in total. The van der Waals surface area contributed by atoms with Crippen LogP contribution in [-0.4, -0.2) is 19.9 Å². The lowest BCUT2D eigenvalue weighted by Crippen LogP contribution is -2.29. The zero-order valence-electron chi connectivity index (χ0n) is 10.9. The van der Waals surface area contributed by atoms with Crippen molar-refractivity contribution in [3.05, 3.63) is 24.0 Å². The SMILES string of the molecule is CCC(CC)CNS(=O)(=O)c1ccc(CN)nc1. The molecule has 6 heteroatoms. The van der Waals surface area contributed by atoms with Crippen LogP contribution >= 0.6 is 0 Å². The summed E-state index contributed by atoms with van der Waals surface area (Å²) in [6.45, 7) is 4.88. The molecule has 0 spiro atoms. The van der Waals surface area contributed by atoms with E-state index in [0.717, 1.165) is 12.8 Å². The highest BCUT2D eigenvalue weighted by molar-refractivity contribution is 7.89. The number of pyridine rings is 1. The van der Waals surface area contributed by atoms with Gasteiger partial charge in [-0.25, -0.2) is 13.1 Å². The van der Waals surface area contributed by atoms with E-state index in [1.54, 1.807) is 6.07 Å². The molecule has 1 aromatic heterocycles. The smallest absolute Gasteiger partial charge is 0.242 e. The van der Waals surface area contributed by atoms with Crippen molar-refractivity contribution in [1.82, 2.24) is 9.71 Å². The first-order chi connectivity index (χ1) is 8.53. The van der Waals surface area contributed by atoms with Crippen molar-refractivity contribution in [2.45, 2.75) is 38.1 Å². The number of hydrogen-bond donors (Lipinski definition) is 2. The molecular formula is C12H21N3O2S. The summed E-state index contributed by atoms with van der Waals surface area (Å²) < 4.78 is 26.6. The van der Waals surface area contributed by atoms with Crippen LogP contribution in [0.15, 0.2) is 23.2 Å². The van der Waals surface area contributed by atoms with Crippen molar-refractivity contribution in [1.29, 1.82) is 0 Å². The third-order valence-corrected chi connectivity index (χ3v) is 4.44. The average Bonchev–Trinajstić information content (AvgIpc) is 2.40. The second-order valence-electron chi connectivity index (χ2n) is 4.22. The third kappa shape index (κ3) is 4.04. The van der Waals surface area contributed by atoms with Gasteiger partial charge in [0, 0.05) is 19.3 Å². The van der Waals surface area contributed by atoms with Crippen LogP contribution in [0, 0.1) is 5.92 Å². The highest BCUT2D eigenvalue weighted by atomic mass is 32.2. The van der Waals surface area contributed by atoms with Gasteiger partial charge in [-0.05, 0) is 18.1 Å². The standard InChI is InChI=1S/C12H21N3O2S/c1-3-10(4-2)8-15-18(16,17)12-6-5-11(7-13)14-9-12/h5-6,9-10,15H,3-4,7-8,13H2,1-2H3. The van der Waals surface area contributed by atoms with E-state index in [1.165, 1.54) is 12.3 Å². The highest BCUT2D eigenvalue weighted by Crippen LogP contribution is 2.10. The van der Waals surface area contributed by atoms with E-state index in [1.807, 2.05) is 0 Å². The van der Waals surface area contributed by atoms with E-state index in [4.69, 9.17) is 5.73 Å². The van der Waals surface area contributed by atoms with Crippen LogP contribution in [0.2, 0.25) is 0 Å². The largest absolute Gasteiger partial charge is 0.325 e. The molecular weight excluding hydrogens is 250 g/mol. The second kappa shape index (κ2) is 6.82. The van der Waals surface area contributed by atoms with Gasteiger partial charge in [0.05, 0.1) is 5.69 Å². The molecule has 0 saturated heterocycles. The molecule has 18 heavy (non-hydrogen) atoms. The molecule has 0 amide bonds. The van der Waals surface area contributed by atoms with Crippen molar-refractivity contribution in [3.8, 4) is 0 Å². The van der Waals surface area contributed by atoms with Crippen molar-refractivity contribution in [2.24, 2.45) is 11.7 Å². The predicted octanol–water partition coefficient (Wildman–Crippen LogP) is 1.25. The van der Waals surface area contributed by atoms with Crippen LogP contribution in [0.1, 0.15) is 32.4 Å². The van der Waals surface area contributed by atoms with Crippen molar-refractivity contribution in [2.75, 3.05) is 6.54 Å². The summed E-state index contributed by atoms with van der Waals surface area (Å²) in [5.74, 6) is 0.371. The fourth-order valence-corrected chi connectivity index (χ4v) is 2.64. The highest BCUT2D eigenvalue weighted by Gasteiger charge is 2.15. The van der Waals surface area contributed by atoms with Crippen LogP contribution in [0.3, 0.4) is 0 Å². The fraction of sp³-hybridized carbons (Fsp3) is 0.583. The number of nitrogens with two attached hydrogens (primary N) is 1. The zero-order valence-corrected chi connectivity index (χ0v) is 11.7.